The molecule has 0 aliphatic heterocycles. The van der Waals surface area contributed by atoms with E-state index in [-0.39, 0.29) is 16.4 Å². The smallest absolute Gasteiger partial charge is 0.167 e. The van der Waals surface area contributed by atoms with Gasteiger partial charge < -0.3 is 0 Å². The monoisotopic (exact) mass is 274 g/mol. The van der Waals surface area contributed by atoms with Crippen LogP contribution in [0.2, 0.25) is 23.7 Å². The summed E-state index contributed by atoms with van der Waals surface area (Å²) in [5.41, 5.74) is -0.0379. The molecule has 0 N–H and O–H groups in total. The highest BCUT2D eigenvalue weighted by atomic mass is 28.3. The first-order valence-electron chi connectivity index (χ1n) is 7.27. The number of Topliss-reactive ketones (excluding diaryl/α,β-unsaturated/α-hetero) is 1. The number of hydrogen-bond acceptors (Lipinski definition) is 1. The van der Waals surface area contributed by atoms with Crippen molar-refractivity contribution in [2.75, 3.05) is 0 Å². The number of halogens is 1. The van der Waals surface area contributed by atoms with Crippen LogP contribution in [0.15, 0.2) is 0 Å². The Labute approximate surface area is 114 Å². The van der Waals surface area contributed by atoms with Crippen molar-refractivity contribution in [1.82, 2.24) is 0 Å². The minimum Gasteiger partial charge on any atom is -0.296 e. The summed E-state index contributed by atoms with van der Waals surface area (Å²) in [5, 5.41) is 0.133. The average molecular weight is 274 g/mol. The van der Waals surface area contributed by atoms with Gasteiger partial charge in [-0.25, -0.2) is 4.39 Å². The SMILES string of the molecule is CCC[C@H](C(=O)[C@@H](F)CCC)[Si](C)(C)C(C)(C)C. The molecule has 0 aliphatic rings. The molecule has 0 fully saturated rings. The second-order valence-corrected chi connectivity index (χ2v) is 12.6. The summed E-state index contributed by atoms with van der Waals surface area (Å²) in [6, 6.07) is 0. The Morgan fingerprint density at radius 1 is 1.11 bits per heavy atom. The first kappa shape index (κ1) is 17.8. The van der Waals surface area contributed by atoms with Crippen LogP contribution in [0.3, 0.4) is 0 Å². The van der Waals surface area contributed by atoms with Crippen molar-refractivity contribution < 1.29 is 9.18 Å². The molecule has 108 valence electrons. The van der Waals surface area contributed by atoms with Crippen molar-refractivity contribution in [2.24, 2.45) is 0 Å². The van der Waals surface area contributed by atoms with E-state index >= 15 is 0 Å². The van der Waals surface area contributed by atoms with Crippen LogP contribution in [0.25, 0.3) is 0 Å². The van der Waals surface area contributed by atoms with Gasteiger partial charge in [-0.1, -0.05) is 60.6 Å². The van der Waals surface area contributed by atoms with E-state index in [1.165, 1.54) is 0 Å². The van der Waals surface area contributed by atoms with Gasteiger partial charge in [-0.2, -0.15) is 0 Å². The van der Waals surface area contributed by atoms with Gasteiger partial charge in [0.1, 0.15) is 0 Å². The normalized spacial score (nSPS) is 16.4. The molecule has 0 spiro atoms. The highest BCUT2D eigenvalue weighted by Crippen LogP contribution is 2.46. The van der Waals surface area contributed by atoms with E-state index in [0.29, 0.717) is 6.42 Å². The molecule has 0 aromatic rings. The lowest BCUT2D eigenvalue weighted by molar-refractivity contribution is -0.124. The van der Waals surface area contributed by atoms with Crippen molar-refractivity contribution in [3.8, 4) is 0 Å². The van der Waals surface area contributed by atoms with Gasteiger partial charge in [-0.3, -0.25) is 4.79 Å². The van der Waals surface area contributed by atoms with Crippen LogP contribution >= 0.6 is 0 Å². The van der Waals surface area contributed by atoms with Gasteiger partial charge in [0, 0.05) is 5.54 Å². The fraction of sp³-hybridized carbons (Fsp3) is 0.933. The second-order valence-electron chi connectivity index (χ2n) is 6.97. The van der Waals surface area contributed by atoms with Gasteiger partial charge in [0.25, 0.3) is 0 Å². The van der Waals surface area contributed by atoms with Crippen LogP contribution < -0.4 is 0 Å². The molecule has 0 rings (SSSR count). The molecule has 0 amide bonds. The lowest BCUT2D eigenvalue weighted by Crippen LogP contribution is -2.47. The first-order chi connectivity index (χ1) is 8.09. The van der Waals surface area contributed by atoms with E-state index in [0.717, 1.165) is 19.3 Å². The summed E-state index contributed by atoms with van der Waals surface area (Å²) < 4.78 is 14.0. The quantitative estimate of drug-likeness (QED) is 0.570. The minimum atomic E-state index is -1.80. The van der Waals surface area contributed by atoms with E-state index in [1.54, 1.807) is 0 Å². The van der Waals surface area contributed by atoms with Crippen molar-refractivity contribution in [1.29, 1.82) is 0 Å². The molecule has 0 heterocycles. The van der Waals surface area contributed by atoms with Gasteiger partial charge >= 0.3 is 0 Å². The third-order valence-corrected chi connectivity index (χ3v) is 10.8. The first-order valence-corrected chi connectivity index (χ1v) is 10.3. The maximum atomic E-state index is 14.0. The van der Waals surface area contributed by atoms with E-state index in [2.05, 4.69) is 40.8 Å². The van der Waals surface area contributed by atoms with Crippen molar-refractivity contribution >= 4 is 13.9 Å². The fourth-order valence-electron chi connectivity index (χ4n) is 2.28. The highest BCUT2D eigenvalue weighted by Gasteiger charge is 2.46. The Bertz CT molecular complexity index is 268. The summed E-state index contributed by atoms with van der Waals surface area (Å²) in [4.78, 5) is 12.4. The average Bonchev–Trinajstić information content (AvgIpc) is 2.23. The maximum absolute atomic E-state index is 14.0. The molecule has 0 aliphatic carbocycles. The molecule has 2 atom stereocenters. The summed E-state index contributed by atoms with van der Waals surface area (Å²) >= 11 is 0. The topological polar surface area (TPSA) is 17.1 Å². The number of carbonyl (C=O) groups is 1. The zero-order valence-electron chi connectivity index (χ0n) is 13.3. The fourth-order valence-corrected chi connectivity index (χ4v) is 5.23. The number of ketones is 1. The predicted molar refractivity (Wildman–Crippen MR) is 80.7 cm³/mol. The summed E-state index contributed by atoms with van der Waals surface area (Å²) in [5.74, 6) is -0.120. The van der Waals surface area contributed by atoms with Crippen LogP contribution in [0.1, 0.15) is 60.3 Å². The van der Waals surface area contributed by atoms with Gasteiger partial charge in [0.05, 0.1) is 8.07 Å². The van der Waals surface area contributed by atoms with Gasteiger partial charge in [-0.05, 0) is 17.9 Å². The standard InChI is InChI=1S/C15H31FOSi/c1-8-10-12(16)14(17)13(11-9-2)18(6,7)15(3,4)5/h12-13H,8-11H2,1-7H3/t12-,13+/m0/s1. The number of alkyl halides is 1. The lowest BCUT2D eigenvalue weighted by Gasteiger charge is -2.43. The van der Waals surface area contributed by atoms with Crippen molar-refractivity contribution in [3.63, 3.8) is 0 Å². The molecule has 0 radical (unpaired) electrons. The summed E-state index contributed by atoms with van der Waals surface area (Å²) in [7, 11) is -1.80. The van der Waals surface area contributed by atoms with Crippen LogP contribution in [0.4, 0.5) is 4.39 Å². The molecule has 18 heavy (non-hydrogen) atoms. The molecule has 0 saturated heterocycles. The molecule has 0 aromatic heterocycles. The molecule has 0 bridgehead atoms. The van der Waals surface area contributed by atoms with Crippen LogP contribution in [-0.4, -0.2) is 20.0 Å². The highest BCUT2D eigenvalue weighted by molar-refractivity contribution is 6.84. The Morgan fingerprint density at radius 2 is 1.56 bits per heavy atom. The zero-order valence-corrected chi connectivity index (χ0v) is 14.3. The van der Waals surface area contributed by atoms with E-state index in [4.69, 9.17) is 0 Å². The minimum absolute atomic E-state index is 0.0379. The van der Waals surface area contributed by atoms with E-state index in [9.17, 15) is 9.18 Å². The van der Waals surface area contributed by atoms with Gasteiger partial charge in [0.2, 0.25) is 0 Å². The Kier molecular flexibility index (Phi) is 6.76. The molecule has 0 unspecified atom stereocenters. The Morgan fingerprint density at radius 3 is 1.89 bits per heavy atom. The third-order valence-electron chi connectivity index (χ3n) is 4.58. The van der Waals surface area contributed by atoms with Crippen LogP contribution in [0, 0.1) is 0 Å². The molecule has 1 nitrogen and oxygen atoms in total. The van der Waals surface area contributed by atoms with Crippen LogP contribution in [0.5, 0.6) is 0 Å². The number of carbonyl (C=O) groups excluding carboxylic acids is 1. The zero-order chi connectivity index (χ0) is 14.6. The Balaban J connectivity index is 5.13. The second kappa shape index (κ2) is 6.83. The predicted octanol–water partition coefficient (Wildman–Crippen LogP) is 5.37. The lowest BCUT2D eigenvalue weighted by atomic mass is 10.1. The molecular formula is C15H31FOSi. The van der Waals surface area contributed by atoms with E-state index < -0.39 is 14.2 Å². The molecule has 0 aromatic carbocycles. The van der Waals surface area contributed by atoms with Gasteiger partial charge in [-0.15, -0.1) is 0 Å². The number of rotatable bonds is 7. The third kappa shape index (κ3) is 4.18. The van der Waals surface area contributed by atoms with Crippen LogP contribution in [-0.2, 0) is 4.79 Å². The maximum Gasteiger partial charge on any atom is 0.167 e. The molecule has 3 heteroatoms. The molecule has 0 saturated carbocycles. The molecular weight excluding hydrogens is 243 g/mol. The largest absolute Gasteiger partial charge is 0.296 e. The van der Waals surface area contributed by atoms with Gasteiger partial charge in [0.15, 0.2) is 12.0 Å². The van der Waals surface area contributed by atoms with Crippen molar-refractivity contribution in [2.45, 2.75) is 90.1 Å². The summed E-state index contributed by atoms with van der Waals surface area (Å²) in [6.45, 7) is 15.1. The van der Waals surface area contributed by atoms with Crippen molar-refractivity contribution in [3.05, 3.63) is 0 Å². The number of hydrogen-bond donors (Lipinski definition) is 0. The van der Waals surface area contributed by atoms with E-state index in [1.807, 2.05) is 6.92 Å². The Hall–Kier alpha value is -0.183. The summed E-state index contributed by atoms with van der Waals surface area (Å²) in [6.07, 6.45) is 1.68.